The van der Waals surface area contributed by atoms with Gasteiger partial charge in [0, 0.05) is 11.4 Å². The standard InChI is InChI=1S/C20H25ClN4O3S2/c1-4-10-30-20-22-12-15(21)17(25-20)19(27)24-16(9-11-29-3)18(26)23-13-5-7-14(28-2)8-6-13/h5-8,12,16H,4,9-11H2,1-3H3,(H,23,26)(H,24,27)/t16-/m0/s1. The van der Waals surface area contributed by atoms with Crippen LogP contribution >= 0.6 is 35.1 Å². The number of aromatic nitrogens is 2. The van der Waals surface area contributed by atoms with E-state index < -0.39 is 11.9 Å². The average molecular weight is 469 g/mol. The van der Waals surface area contributed by atoms with Gasteiger partial charge in [0.05, 0.1) is 18.3 Å². The number of carbonyl (C=O) groups is 2. The normalized spacial score (nSPS) is 11.6. The summed E-state index contributed by atoms with van der Waals surface area (Å²) < 4.78 is 5.12. The second-order valence-corrected chi connectivity index (χ2v) is 8.68. The van der Waals surface area contributed by atoms with E-state index in [1.54, 1.807) is 43.1 Å². The van der Waals surface area contributed by atoms with E-state index in [2.05, 4.69) is 20.6 Å². The maximum absolute atomic E-state index is 12.8. The lowest BCUT2D eigenvalue weighted by molar-refractivity contribution is -0.118. The molecule has 1 atom stereocenters. The molecule has 0 aliphatic carbocycles. The van der Waals surface area contributed by atoms with Gasteiger partial charge in [0.25, 0.3) is 5.91 Å². The van der Waals surface area contributed by atoms with Crippen LogP contribution in [0.3, 0.4) is 0 Å². The Hall–Kier alpha value is -1.97. The summed E-state index contributed by atoms with van der Waals surface area (Å²) in [4.78, 5) is 34.0. The van der Waals surface area contributed by atoms with E-state index in [0.29, 0.717) is 28.8 Å². The Morgan fingerprint density at radius 3 is 2.60 bits per heavy atom. The minimum atomic E-state index is -0.732. The molecule has 0 saturated heterocycles. The smallest absolute Gasteiger partial charge is 0.272 e. The zero-order valence-corrected chi connectivity index (χ0v) is 19.5. The van der Waals surface area contributed by atoms with Crippen LogP contribution in [0.1, 0.15) is 30.3 Å². The van der Waals surface area contributed by atoms with Crippen LogP contribution in [0.4, 0.5) is 5.69 Å². The van der Waals surface area contributed by atoms with Gasteiger partial charge in [-0.25, -0.2) is 9.97 Å². The summed E-state index contributed by atoms with van der Waals surface area (Å²) >= 11 is 9.18. The molecule has 10 heteroatoms. The number of nitrogens with one attached hydrogen (secondary N) is 2. The molecule has 0 unspecified atom stereocenters. The third-order valence-corrected chi connectivity index (χ3v) is 5.95. The fraction of sp³-hybridized carbons (Fsp3) is 0.400. The Morgan fingerprint density at radius 2 is 1.97 bits per heavy atom. The molecule has 162 valence electrons. The number of nitrogens with zero attached hydrogens (tertiary/aromatic N) is 2. The average Bonchev–Trinajstić information content (AvgIpc) is 2.76. The van der Waals surface area contributed by atoms with Crippen molar-refractivity contribution in [3.05, 3.63) is 41.2 Å². The zero-order valence-electron chi connectivity index (χ0n) is 17.1. The number of hydrogen-bond donors (Lipinski definition) is 2. The highest BCUT2D eigenvalue weighted by Gasteiger charge is 2.24. The number of carbonyl (C=O) groups excluding carboxylic acids is 2. The van der Waals surface area contributed by atoms with Crippen LogP contribution in [-0.4, -0.2) is 52.7 Å². The molecule has 0 radical (unpaired) electrons. The van der Waals surface area contributed by atoms with E-state index in [1.165, 1.54) is 18.0 Å². The van der Waals surface area contributed by atoms with Gasteiger partial charge in [0.1, 0.15) is 11.8 Å². The first kappa shape index (κ1) is 24.3. The zero-order chi connectivity index (χ0) is 21.9. The molecule has 7 nitrogen and oxygen atoms in total. The van der Waals surface area contributed by atoms with Crippen molar-refractivity contribution in [1.82, 2.24) is 15.3 Å². The Kier molecular flexibility index (Phi) is 10.3. The molecule has 0 aliphatic rings. The maximum atomic E-state index is 12.8. The van der Waals surface area contributed by atoms with Crippen molar-refractivity contribution in [2.75, 3.05) is 30.2 Å². The van der Waals surface area contributed by atoms with E-state index >= 15 is 0 Å². The predicted molar refractivity (Wildman–Crippen MR) is 124 cm³/mol. The second-order valence-electron chi connectivity index (χ2n) is 6.22. The molecule has 2 amide bonds. The van der Waals surface area contributed by atoms with E-state index in [9.17, 15) is 9.59 Å². The first-order valence-electron chi connectivity index (χ1n) is 9.38. The number of halogens is 1. The third kappa shape index (κ3) is 7.37. The minimum absolute atomic E-state index is 0.0664. The van der Waals surface area contributed by atoms with E-state index in [-0.39, 0.29) is 16.6 Å². The van der Waals surface area contributed by atoms with Crippen LogP contribution in [0.2, 0.25) is 5.02 Å². The number of methoxy groups -OCH3 is 1. The van der Waals surface area contributed by atoms with E-state index in [1.807, 2.05) is 13.2 Å². The Balaban J connectivity index is 2.12. The molecule has 0 bridgehead atoms. The van der Waals surface area contributed by atoms with Crippen LogP contribution in [0.5, 0.6) is 5.75 Å². The monoisotopic (exact) mass is 468 g/mol. The number of ether oxygens (including phenoxy) is 1. The van der Waals surface area contributed by atoms with Crippen molar-refractivity contribution in [3.63, 3.8) is 0 Å². The first-order valence-corrected chi connectivity index (χ1v) is 12.1. The van der Waals surface area contributed by atoms with Crippen molar-refractivity contribution >= 4 is 52.6 Å². The fourth-order valence-electron chi connectivity index (χ4n) is 2.41. The highest BCUT2D eigenvalue weighted by atomic mass is 35.5. The second kappa shape index (κ2) is 12.7. The number of rotatable bonds is 11. The van der Waals surface area contributed by atoms with Crippen LogP contribution in [0.15, 0.2) is 35.6 Å². The van der Waals surface area contributed by atoms with Crippen LogP contribution in [-0.2, 0) is 4.79 Å². The lowest BCUT2D eigenvalue weighted by Gasteiger charge is -2.18. The van der Waals surface area contributed by atoms with Gasteiger partial charge in [-0.2, -0.15) is 11.8 Å². The number of benzene rings is 1. The van der Waals surface area contributed by atoms with E-state index in [0.717, 1.165) is 12.2 Å². The lowest BCUT2D eigenvalue weighted by Crippen LogP contribution is -2.44. The minimum Gasteiger partial charge on any atom is -0.497 e. The summed E-state index contributed by atoms with van der Waals surface area (Å²) in [7, 11) is 1.58. The SMILES string of the molecule is CCCSc1ncc(Cl)c(C(=O)N[C@@H](CCSC)C(=O)Nc2ccc(OC)cc2)n1. The molecule has 0 saturated carbocycles. The predicted octanol–water partition coefficient (Wildman–Crippen LogP) is 4.13. The van der Waals surface area contributed by atoms with Crippen molar-refractivity contribution in [3.8, 4) is 5.75 Å². The highest BCUT2D eigenvalue weighted by Crippen LogP contribution is 2.20. The molecule has 1 heterocycles. The van der Waals surface area contributed by atoms with Gasteiger partial charge < -0.3 is 15.4 Å². The third-order valence-electron chi connectivity index (χ3n) is 3.96. The Morgan fingerprint density at radius 1 is 1.23 bits per heavy atom. The van der Waals surface area contributed by atoms with Crippen LogP contribution in [0.25, 0.3) is 0 Å². The Bertz CT molecular complexity index is 852. The molecular formula is C20H25ClN4O3S2. The Labute approximate surface area is 190 Å². The maximum Gasteiger partial charge on any atom is 0.272 e. The number of anilines is 1. The van der Waals surface area contributed by atoms with Gasteiger partial charge in [0.15, 0.2) is 10.9 Å². The molecule has 2 aromatic rings. The number of amides is 2. The summed E-state index contributed by atoms with van der Waals surface area (Å²) in [6.07, 6.45) is 4.78. The molecule has 1 aromatic carbocycles. The fourth-order valence-corrected chi connectivity index (χ4v) is 3.73. The van der Waals surface area contributed by atoms with Crippen molar-refractivity contribution < 1.29 is 14.3 Å². The van der Waals surface area contributed by atoms with Crippen LogP contribution < -0.4 is 15.4 Å². The topological polar surface area (TPSA) is 93.2 Å². The highest BCUT2D eigenvalue weighted by molar-refractivity contribution is 7.99. The lowest BCUT2D eigenvalue weighted by atomic mass is 10.2. The number of thioether (sulfide) groups is 2. The van der Waals surface area contributed by atoms with Crippen molar-refractivity contribution in [2.24, 2.45) is 0 Å². The summed E-state index contributed by atoms with van der Waals surface area (Å²) in [6, 6.07) is 6.25. The molecule has 0 fully saturated rings. The molecule has 2 N–H and O–H groups in total. The van der Waals surface area contributed by atoms with Gasteiger partial charge in [-0.1, -0.05) is 30.3 Å². The number of hydrogen-bond acceptors (Lipinski definition) is 7. The quantitative estimate of drug-likeness (QED) is 0.378. The summed E-state index contributed by atoms with van der Waals surface area (Å²) in [5.74, 6) is 1.42. The molecular weight excluding hydrogens is 444 g/mol. The van der Waals surface area contributed by atoms with Gasteiger partial charge in [0.2, 0.25) is 5.91 Å². The van der Waals surface area contributed by atoms with Gasteiger partial charge in [-0.3, -0.25) is 9.59 Å². The van der Waals surface area contributed by atoms with Crippen LogP contribution in [0, 0.1) is 0 Å². The molecule has 2 rings (SSSR count). The summed E-state index contributed by atoms with van der Waals surface area (Å²) in [5, 5.41) is 6.21. The molecule has 0 aliphatic heterocycles. The molecule has 0 spiro atoms. The van der Waals surface area contributed by atoms with Gasteiger partial charge in [-0.15, -0.1) is 0 Å². The first-order chi connectivity index (χ1) is 14.5. The largest absolute Gasteiger partial charge is 0.497 e. The van der Waals surface area contributed by atoms with E-state index in [4.69, 9.17) is 16.3 Å². The molecule has 1 aromatic heterocycles. The summed E-state index contributed by atoms with van der Waals surface area (Å²) in [5.41, 5.74) is 0.680. The van der Waals surface area contributed by atoms with Gasteiger partial charge >= 0.3 is 0 Å². The van der Waals surface area contributed by atoms with Crippen molar-refractivity contribution in [2.45, 2.75) is 31.0 Å². The van der Waals surface area contributed by atoms with Gasteiger partial charge in [-0.05, 0) is 49.1 Å². The van der Waals surface area contributed by atoms with Crippen molar-refractivity contribution in [1.29, 1.82) is 0 Å². The molecule has 30 heavy (non-hydrogen) atoms. The summed E-state index contributed by atoms with van der Waals surface area (Å²) in [6.45, 7) is 2.05.